The highest BCUT2D eigenvalue weighted by Crippen LogP contribution is 2.25. The first kappa shape index (κ1) is 14.3. The van der Waals surface area contributed by atoms with Crippen LogP contribution in [-0.2, 0) is 18.4 Å². The van der Waals surface area contributed by atoms with Crippen molar-refractivity contribution in [3.63, 3.8) is 0 Å². The summed E-state index contributed by atoms with van der Waals surface area (Å²) in [5, 5.41) is 3.33. The molecule has 2 heterocycles. The molecule has 3 nitrogen and oxygen atoms in total. The average molecular weight is 299 g/mol. The fourth-order valence-corrected chi connectivity index (χ4v) is 3.44. The highest BCUT2D eigenvalue weighted by atomic mass is 32.1. The van der Waals surface area contributed by atoms with Gasteiger partial charge in [0.2, 0.25) is 0 Å². The molecule has 0 aliphatic rings. The lowest BCUT2D eigenvalue weighted by Crippen LogP contribution is -2.12. The summed E-state index contributed by atoms with van der Waals surface area (Å²) in [4.78, 5) is 9.53. The molecule has 4 heteroatoms. The van der Waals surface area contributed by atoms with Crippen LogP contribution in [0.25, 0.3) is 11.0 Å². The van der Waals surface area contributed by atoms with E-state index in [1.165, 1.54) is 11.2 Å². The van der Waals surface area contributed by atoms with E-state index >= 15 is 0 Å². The fraction of sp³-hybridized carbons (Fsp3) is 0.412. The molecule has 0 aliphatic carbocycles. The van der Waals surface area contributed by atoms with Crippen molar-refractivity contribution in [3.8, 4) is 0 Å². The number of thiazole rings is 1. The second-order valence-corrected chi connectivity index (χ2v) is 7.28. The van der Waals surface area contributed by atoms with Gasteiger partial charge in [0.05, 0.1) is 23.3 Å². The molecule has 0 fully saturated rings. The number of hydrogen-bond donors (Lipinski definition) is 0. The molecule has 0 radical (unpaired) electrons. The molecule has 0 atom stereocenters. The highest BCUT2D eigenvalue weighted by molar-refractivity contribution is 7.09. The molecule has 3 rings (SSSR count). The molecule has 0 unspecified atom stereocenters. The predicted octanol–water partition coefficient (Wildman–Crippen LogP) is 4.40. The van der Waals surface area contributed by atoms with Gasteiger partial charge in [0.1, 0.15) is 10.8 Å². The summed E-state index contributed by atoms with van der Waals surface area (Å²) in [6.45, 7) is 9.58. The Morgan fingerprint density at radius 1 is 1.14 bits per heavy atom. The Morgan fingerprint density at radius 3 is 2.57 bits per heavy atom. The van der Waals surface area contributed by atoms with Gasteiger partial charge in [-0.05, 0) is 12.1 Å². The lowest BCUT2D eigenvalue weighted by Gasteiger charge is -2.14. The van der Waals surface area contributed by atoms with Crippen molar-refractivity contribution >= 4 is 22.4 Å². The van der Waals surface area contributed by atoms with Crippen LogP contribution >= 0.6 is 11.3 Å². The van der Waals surface area contributed by atoms with Crippen LogP contribution in [-0.4, -0.2) is 14.5 Å². The minimum Gasteiger partial charge on any atom is -0.321 e. The van der Waals surface area contributed by atoms with Crippen molar-refractivity contribution in [2.24, 2.45) is 0 Å². The van der Waals surface area contributed by atoms with Crippen LogP contribution < -0.4 is 0 Å². The van der Waals surface area contributed by atoms with E-state index < -0.39 is 0 Å². The van der Waals surface area contributed by atoms with Gasteiger partial charge in [0, 0.05) is 17.2 Å². The summed E-state index contributed by atoms with van der Waals surface area (Å²) < 4.78 is 2.29. The highest BCUT2D eigenvalue weighted by Gasteiger charge is 2.18. The van der Waals surface area contributed by atoms with Crippen LogP contribution in [0, 0.1) is 0 Å². The molecule has 0 saturated heterocycles. The van der Waals surface area contributed by atoms with Crippen molar-refractivity contribution in [1.29, 1.82) is 0 Å². The summed E-state index contributed by atoms with van der Waals surface area (Å²) in [6.07, 6.45) is 0.937. The summed E-state index contributed by atoms with van der Waals surface area (Å²) in [5.74, 6) is 1.13. The zero-order valence-electron chi connectivity index (χ0n) is 13.1. The third kappa shape index (κ3) is 2.72. The van der Waals surface area contributed by atoms with Gasteiger partial charge in [0.25, 0.3) is 0 Å². The number of fused-ring (bicyclic) bond motifs is 1. The number of nitrogens with zero attached hydrogens (tertiary/aromatic N) is 3. The molecule has 0 amide bonds. The zero-order valence-corrected chi connectivity index (χ0v) is 13.9. The fourth-order valence-electron chi connectivity index (χ4n) is 2.43. The Kier molecular flexibility index (Phi) is 3.57. The lowest BCUT2D eigenvalue weighted by molar-refractivity contribution is 0.569. The quantitative estimate of drug-likeness (QED) is 0.717. The topological polar surface area (TPSA) is 30.7 Å². The number of benzene rings is 1. The van der Waals surface area contributed by atoms with E-state index in [0.29, 0.717) is 0 Å². The van der Waals surface area contributed by atoms with E-state index in [2.05, 4.69) is 55.8 Å². The van der Waals surface area contributed by atoms with E-state index in [0.717, 1.165) is 29.3 Å². The molecule has 0 N–H and O–H groups in total. The first-order chi connectivity index (χ1) is 9.99. The first-order valence-corrected chi connectivity index (χ1v) is 8.26. The van der Waals surface area contributed by atoms with Gasteiger partial charge in [0.15, 0.2) is 0 Å². The Labute approximate surface area is 129 Å². The maximum absolute atomic E-state index is 4.81. The van der Waals surface area contributed by atoms with Crippen molar-refractivity contribution in [3.05, 3.63) is 46.2 Å². The van der Waals surface area contributed by atoms with Crippen LogP contribution in [0.3, 0.4) is 0 Å². The molecule has 0 bridgehead atoms. The zero-order chi connectivity index (χ0) is 15.0. The molecule has 2 aromatic heterocycles. The molecule has 3 aromatic rings. The second-order valence-electron chi connectivity index (χ2n) is 6.33. The molecular weight excluding hydrogens is 278 g/mol. The number of aromatic nitrogens is 3. The van der Waals surface area contributed by atoms with E-state index in [1.54, 1.807) is 11.3 Å². The normalized spacial score (nSPS) is 12.2. The number of hydrogen-bond acceptors (Lipinski definition) is 3. The minimum absolute atomic E-state index is 0.110. The molecule has 110 valence electrons. The Balaban J connectivity index is 1.99. The molecular formula is C17H21N3S. The first-order valence-electron chi connectivity index (χ1n) is 7.38. The number of rotatable bonds is 3. The average Bonchev–Trinajstić information content (AvgIpc) is 3.04. The third-order valence-corrected chi connectivity index (χ3v) is 4.50. The van der Waals surface area contributed by atoms with Gasteiger partial charge in [-0.2, -0.15) is 0 Å². The Hall–Kier alpha value is -1.68. The molecule has 0 spiro atoms. The van der Waals surface area contributed by atoms with Gasteiger partial charge in [-0.3, -0.25) is 0 Å². The van der Waals surface area contributed by atoms with Crippen molar-refractivity contribution in [1.82, 2.24) is 14.5 Å². The van der Waals surface area contributed by atoms with Crippen molar-refractivity contribution in [2.75, 3.05) is 0 Å². The van der Waals surface area contributed by atoms with Gasteiger partial charge in [-0.1, -0.05) is 39.8 Å². The Bertz CT molecular complexity index is 762. The molecule has 21 heavy (non-hydrogen) atoms. The number of imidazole rings is 1. The standard InChI is InChI=1S/C17H21N3S/c1-5-15-18-12-8-6-7-9-13(12)20(15)10-16-19-14(11-21-16)17(2,3)4/h6-9,11H,5,10H2,1-4H3. The maximum atomic E-state index is 4.81. The van der Waals surface area contributed by atoms with Gasteiger partial charge < -0.3 is 4.57 Å². The SMILES string of the molecule is CCc1nc2ccccc2n1Cc1nc(C(C)(C)C)cs1. The van der Waals surface area contributed by atoms with E-state index in [1.807, 2.05) is 6.07 Å². The molecule has 1 aromatic carbocycles. The van der Waals surface area contributed by atoms with Crippen LogP contribution in [0.5, 0.6) is 0 Å². The smallest absolute Gasteiger partial charge is 0.113 e. The van der Waals surface area contributed by atoms with E-state index in [9.17, 15) is 0 Å². The molecule has 0 aliphatic heterocycles. The van der Waals surface area contributed by atoms with Crippen LogP contribution in [0.2, 0.25) is 0 Å². The summed E-state index contributed by atoms with van der Waals surface area (Å²) in [6, 6.07) is 8.33. The van der Waals surface area contributed by atoms with Crippen molar-refractivity contribution in [2.45, 2.75) is 46.1 Å². The predicted molar refractivity (Wildman–Crippen MR) is 89.0 cm³/mol. The van der Waals surface area contributed by atoms with Crippen molar-refractivity contribution < 1.29 is 0 Å². The maximum Gasteiger partial charge on any atom is 0.113 e. The summed E-state index contributed by atoms with van der Waals surface area (Å²) in [7, 11) is 0. The largest absolute Gasteiger partial charge is 0.321 e. The second kappa shape index (κ2) is 5.26. The molecule has 0 saturated carbocycles. The minimum atomic E-state index is 0.110. The van der Waals surface area contributed by atoms with Crippen LogP contribution in [0.1, 0.15) is 44.2 Å². The third-order valence-electron chi connectivity index (χ3n) is 3.66. The van der Waals surface area contributed by atoms with Gasteiger partial charge in [-0.25, -0.2) is 9.97 Å². The monoisotopic (exact) mass is 299 g/mol. The lowest BCUT2D eigenvalue weighted by atomic mass is 9.93. The van der Waals surface area contributed by atoms with E-state index in [-0.39, 0.29) is 5.41 Å². The summed E-state index contributed by atoms with van der Waals surface area (Å²) in [5.41, 5.74) is 3.55. The number of para-hydroxylation sites is 2. The van der Waals surface area contributed by atoms with Gasteiger partial charge in [-0.15, -0.1) is 11.3 Å². The van der Waals surface area contributed by atoms with Gasteiger partial charge >= 0.3 is 0 Å². The Morgan fingerprint density at radius 2 is 1.90 bits per heavy atom. The van der Waals surface area contributed by atoms with Crippen LogP contribution in [0.15, 0.2) is 29.6 Å². The van der Waals surface area contributed by atoms with Crippen LogP contribution in [0.4, 0.5) is 0 Å². The number of aryl methyl sites for hydroxylation is 1. The summed E-state index contributed by atoms with van der Waals surface area (Å²) >= 11 is 1.74. The van der Waals surface area contributed by atoms with E-state index in [4.69, 9.17) is 9.97 Å².